The molecule has 0 aliphatic rings. The normalized spacial score (nSPS) is 13.9. The number of ether oxygens (including phenoxy) is 1. The van der Waals surface area contributed by atoms with Gasteiger partial charge in [0.05, 0.1) is 6.10 Å². The van der Waals surface area contributed by atoms with Gasteiger partial charge in [0, 0.05) is 7.11 Å². The number of benzene rings is 1. The monoisotopic (exact) mass is 262 g/mol. The largest absolute Gasteiger partial charge is 0.377 e. The molecule has 0 amide bonds. The minimum absolute atomic E-state index is 0.107. The molecule has 0 radical (unpaired) electrons. The first-order chi connectivity index (χ1) is 7.03. The minimum Gasteiger partial charge on any atom is -0.377 e. The lowest BCUT2D eigenvalue weighted by molar-refractivity contribution is 0.0999. The average Bonchev–Trinajstić information content (AvgIpc) is 2.19. The van der Waals surface area contributed by atoms with Crippen LogP contribution in [0.5, 0.6) is 0 Å². The van der Waals surface area contributed by atoms with E-state index in [0.717, 1.165) is 12.5 Å². The van der Waals surface area contributed by atoms with Crippen LogP contribution >= 0.6 is 22.2 Å². The first-order valence-corrected chi connectivity index (χ1v) is 9.71. The maximum absolute atomic E-state index is 6.07. The Balaban J connectivity index is 2.58. The topological polar surface area (TPSA) is 9.23 Å². The van der Waals surface area contributed by atoms with Crippen LogP contribution in [0.25, 0.3) is 0 Å². The summed E-state index contributed by atoms with van der Waals surface area (Å²) < 4.78 is 5.44. The standard InChI is InChI=1S/C11H16Cl2OSi/c1-14-11(8-9-15(2,12)13)10-6-4-3-5-7-10/h3-7,11H,8-9H2,1-2H3. The second-order valence-electron chi connectivity index (χ2n) is 3.74. The van der Waals surface area contributed by atoms with Crippen molar-refractivity contribution in [3.8, 4) is 0 Å². The molecule has 1 aromatic rings. The molecule has 0 aromatic heterocycles. The Hall–Kier alpha value is -0.0231. The molecule has 0 N–H and O–H groups in total. The Labute approximate surface area is 102 Å². The van der Waals surface area contributed by atoms with Gasteiger partial charge in [-0.25, -0.2) is 0 Å². The average molecular weight is 263 g/mol. The summed E-state index contributed by atoms with van der Waals surface area (Å²) >= 11 is 12.1. The maximum atomic E-state index is 6.07. The molecule has 84 valence electrons. The summed E-state index contributed by atoms with van der Waals surface area (Å²) in [5, 5.41) is 0. The van der Waals surface area contributed by atoms with E-state index in [2.05, 4.69) is 12.1 Å². The van der Waals surface area contributed by atoms with E-state index >= 15 is 0 Å². The van der Waals surface area contributed by atoms with Crippen LogP contribution in [-0.4, -0.2) is 13.8 Å². The highest BCUT2D eigenvalue weighted by Gasteiger charge is 2.23. The molecule has 4 heteroatoms. The van der Waals surface area contributed by atoms with Gasteiger partial charge >= 0.3 is 0 Å². The summed E-state index contributed by atoms with van der Waals surface area (Å²) in [5.74, 6) is 0. The molecule has 1 aromatic carbocycles. The summed E-state index contributed by atoms with van der Waals surface area (Å²) in [5.41, 5.74) is 1.19. The predicted molar refractivity (Wildman–Crippen MR) is 68.9 cm³/mol. The van der Waals surface area contributed by atoms with Crippen molar-refractivity contribution in [1.29, 1.82) is 0 Å². The Kier molecular flexibility index (Phi) is 5.13. The van der Waals surface area contributed by atoms with Gasteiger partial charge in [-0.1, -0.05) is 30.3 Å². The van der Waals surface area contributed by atoms with E-state index in [1.165, 1.54) is 5.56 Å². The minimum atomic E-state index is -2.00. The lowest BCUT2D eigenvalue weighted by Crippen LogP contribution is -2.14. The van der Waals surface area contributed by atoms with E-state index in [9.17, 15) is 0 Å². The Bertz CT molecular complexity index is 284. The van der Waals surface area contributed by atoms with Crippen molar-refractivity contribution in [2.24, 2.45) is 0 Å². The fraction of sp³-hybridized carbons (Fsp3) is 0.455. The number of hydrogen-bond donors (Lipinski definition) is 0. The smallest absolute Gasteiger partial charge is 0.248 e. The van der Waals surface area contributed by atoms with Gasteiger partial charge in [0.25, 0.3) is 0 Å². The van der Waals surface area contributed by atoms with Gasteiger partial charge in [0.15, 0.2) is 0 Å². The SMILES string of the molecule is COC(CC[Si](C)(Cl)Cl)c1ccccc1. The van der Waals surface area contributed by atoms with Crippen LogP contribution in [0, 0.1) is 0 Å². The van der Waals surface area contributed by atoms with Crippen LogP contribution in [-0.2, 0) is 4.74 Å². The van der Waals surface area contributed by atoms with Crippen LogP contribution in [0.2, 0.25) is 12.6 Å². The quantitative estimate of drug-likeness (QED) is 0.568. The predicted octanol–water partition coefficient (Wildman–Crippen LogP) is 4.31. The van der Waals surface area contributed by atoms with E-state index in [4.69, 9.17) is 26.9 Å². The van der Waals surface area contributed by atoms with E-state index in [1.54, 1.807) is 7.11 Å². The first-order valence-electron chi connectivity index (χ1n) is 4.98. The molecule has 1 unspecified atom stereocenters. The third-order valence-electron chi connectivity index (χ3n) is 2.30. The molecule has 1 rings (SSSR count). The number of halogens is 2. The number of hydrogen-bond acceptors (Lipinski definition) is 1. The molecule has 0 saturated carbocycles. The van der Waals surface area contributed by atoms with Crippen molar-refractivity contribution in [1.82, 2.24) is 0 Å². The molecule has 0 aliphatic carbocycles. The molecule has 0 fully saturated rings. The molecular weight excluding hydrogens is 247 g/mol. The summed E-state index contributed by atoms with van der Waals surface area (Å²) in [6.07, 6.45) is 0.992. The van der Waals surface area contributed by atoms with E-state index in [1.807, 2.05) is 24.7 Å². The van der Waals surface area contributed by atoms with Crippen LogP contribution in [0.1, 0.15) is 18.1 Å². The van der Waals surface area contributed by atoms with Crippen LogP contribution < -0.4 is 0 Å². The summed E-state index contributed by atoms with van der Waals surface area (Å²) in [4.78, 5) is 0. The molecule has 0 spiro atoms. The van der Waals surface area contributed by atoms with Crippen LogP contribution in [0.4, 0.5) is 0 Å². The second-order valence-corrected chi connectivity index (χ2v) is 12.0. The zero-order chi connectivity index (χ0) is 11.3. The Morgan fingerprint density at radius 3 is 2.33 bits per heavy atom. The van der Waals surface area contributed by atoms with Gasteiger partial charge < -0.3 is 4.74 Å². The highest BCUT2D eigenvalue weighted by Crippen LogP contribution is 2.29. The summed E-state index contributed by atoms with van der Waals surface area (Å²) in [7, 11) is 1.72. The van der Waals surface area contributed by atoms with Gasteiger partial charge in [0.2, 0.25) is 6.69 Å². The number of methoxy groups -OCH3 is 1. The lowest BCUT2D eigenvalue weighted by atomic mass is 10.1. The highest BCUT2D eigenvalue weighted by atomic mass is 35.7. The fourth-order valence-electron chi connectivity index (χ4n) is 1.47. The van der Waals surface area contributed by atoms with Crippen molar-refractivity contribution in [2.45, 2.75) is 25.1 Å². The van der Waals surface area contributed by atoms with Crippen molar-refractivity contribution < 1.29 is 4.74 Å². The third kappa shape index (κ3) is 5.02. The Morgan fingerprint density at radius 1 is 1.27 bits per heavy atom. The first kappa shape index (κ1) is 13.0. The second kappa shape index (κ2) is 5.90. The summed E-state index contributed by atoms with van der Waals surface area (Å²) in [6, 6.07) is 11.0. The van der Waals surface area contributed by atoms with Crippen molar-refractivity contribution in [3.05, 3.63) is 35.9 Å². The van der Waals surface area contributed by atoms with Gasteiger partial charge in [-0.15, -0.1) is 22.2 Å². The third-order valence-corrected chi connectivity index (χ3v) is 4.60. The van der Waals surface area contributed by atoms with Crippen molar-refractivity contribution in [3.63, 3.8) is 0 Å². The molecule has 15 heavy (non-hydrogen) atoms. The fourth-order valence-corrected chi connectivity index (χ4v) is 2.90. The van der Waals surface area contributed by atoms with Crippen LogP contribution in [0.3, 0.4) is 0 Å². The molecule has 0 heterocycles. The lowest BCUT2D eigenvalue weighted by Gasteiger charge is -2.18. The maximum Gasteiger partial charge on any atom is 0.248 e. The van der Waals surface area contributed by atoms with Gasteiger partial charge in [-0.3, -0.25) is 0 Å². The van der Waals surface area contributed by atoms with E-state index in [0.29, 0.717) is 0 Å². The molecule has 0 aliphatic heterocycles. The van der Waals surface area contributed by atoms with Crippen LogP contribution in [0.15, 0.2) is 30.3 Å². The van der Waals surface area contributed by atoms with E-state index < -0.39 is 6.69 Å². The van der Waals surface area contributed by atoms with Gasteiger partial charge in [-0.05, 0) is 24.6 Å². The molecule has 0 bridgehead atoms. The van der Waals surface area contributed by atoms with Crippen molar-refractivity contribution in [2.75, 3.05) is 7.11 Å². The van der Waals surface area contributed by atoms with Crippen molar-refractivity contribution >= 4 is 28.9 Å². The van der Waals surface area contributed by atoms with E-state index in [-0.39, 0.29) is 6.10 Å². The summed E-state index contributed by atoms with van der Waals surface area (Å²) in [6.45, 7) is -0.0664. The Morgan fingerprint density at radius 2 is 1.87 bits per heavy atom. The molecule has 1 atom stereocenters. The molecule has 1 nitrogen and oxygen atoms in total. The highest BCUT2D eigenvalue weighted by molar-refractivity contribution is 7.44. The molecule has 0 saturated heterocycles. The zero-order valence-electron chi connectivity index (χ0n) is 9.04. The molecular formula is C11H16Cl2OSi. The zero-order valence-corrected chi connectivity index (χ0v) is 11.6. The van der Waals surface area contributed by atoms with Gasteiger partial charge in [-0.2, -0.15) is 0 Å². The van der Waals surface area contributed by atoms with Gasteiger partial charge in [0.1, 0.15) is 0 Å². The number of rotatable bonds is 5.